The minimum atomic E-state index is -0.712. The second-order valence-corrected chi connectivity index (χ2v) is 8.17. The van der Waals surface area contributed by atoms with Gasteiger partial charge in [0.25, 0.3) is 11.8 Å². The van der Waals surface area contributed by atoms with Crippen molar-refractivity contribution >= 4 is 35.2 Å². The molecule has 2 aliphatic heterocycles. The third-order valence-electron chi connectivity index (χ3n) is 5.90. The molecule has 1 atom stereocenters. The molecule has 2 aliphatic rings. The first kappa shape index (κ1) is 24.7. The van der Waals surface area contributed by atoms with Crippen LogP contribution in [0.15, 0.2) is 23.3 Å². The molecule has 1 fully saturated rings. The Bertz CT molecular complexity index is 1050. The number of likely N-dealkylation sites (N-methyl/N-ethyl adjacent to an activating group) is 1. The van der Waals surface area contributed by atoms with E-state index in [0.29, 0.717) is 42.7 Å². The molecule has 2 N–H and O–H groups in total. The van der Waals surface area contributed by atoms with Gasteiger partial charge in [-0.25, -0.2) is 0 Å². The number of likely N-dealkylation sites (tertiary alicyclic amines) is 1. The lowest BCUT2D eigenvalue weighted by Gasteiger charge is -2.33. The number of hydrogen-bond donors (Lipinski definition) is 2. The highest BCUT2D eigenvalue weighted by Crippen LogP contribution is 2.33. The van der Waals surface area contributed by atoms with Gasteiger partial charge in [0.1, 0.15) is 6.04 Å². The maximum absolute atomic E-state index is 12.9. The average molecular weight is 470 g/mol. The number of hydrogen-bond acceptors (Lipinski definition) is 6. The Hall–Kier alpha value is -3.92. The van der Waals surface area contributed by atoms with Crippen molar-refractivity contribution in [1.29, 1.82) is 0 Å². The third kappa shape index (κ3) is 5.70. The highest BCUT2D eigenvalue weighted by atomic mass is 16.2. The maximum Gasteiger partial charge on any atom is 0.255 e. The molecular formula is C22H27N7O5. The van der Waals surface area contributed by atoms with Gasteiger partial charge in [-0.2, -0.15) is 0 Å². The fraction of sp³-hybridized carbons (Fsp3) is 0.500. The Morgan fingerprint density at radius 2 is 1.94 bits per heavy atom. The van der Waals surface area contributed by atoms with Gasteiger partial charge in [-0.1, -0.05) is 11.2 Å². The summed E-state index contributed by atoms with van der Waals surface area (Å²) < 4.78 is 0. The Morgan fingerprint density at radius 1 is 1.18 bits per heavy atom. The van der Waals surface area contributed by atoms with Gasteiger partial charge in [0.2, 0.25) is 17.7 Å². The molecule has 34 heavy (non-hydrogen) atoms. The summed E-state index contributed by atoms with van der Waals surface area (Å²) in [4.78, 5) is 66.7. The number of rotatable bonds is 10. The summed E-state index contributed by atoms with van der Waals surface area (Å²) in [7, 11) is 1.42. The number of imide groups is 1. The van der Waals surface area contributed by atoms with Crippen molar-refractivity contribution in [3.8, 4) is 0 Å². The average Bonchev–Trinajstić information content (AvgIpc) is 3.15. The molecule has 1 saturated heterocycles. The number of anilines is 1. The van der Waals surface area contributed by atoms with Crippen LogP contribution in [-0.4, -0.2) is 65.5 Å². The lowest BCUT2D eigenvalue weighted by molar-refractivity contribution is -0.150. The van der Waals surface area contributed by atoms with Crippen molar-refractivity contribution < 1.29 is 24.0 Å². The van der Waals surface area contributed by atoms with Crippen LogP contribution in [0.25, 0.3) is 10.4 Å². The van der Waals surface area contributed by atoms with Crippen molar-refractivity contribution in [3.63, 3.8) is 0 Å². The van der Waals surface area contributed by atoms with Gasteiger partial charge in [-0.05, 0) is 36.9 Å². The minimum absolute atomic E-state index is 0.126. The zero-order valence-corrected chi connectivity index (χ0v) is 19.0. The van der Waals surface area contributed by atoms with Gasteiger partial charge < -0.3 is 15.5 Å². The van der Waals surface area contributed by atoms with E-state index in [0.717, 1.165) is 4.90 Å². The van der Waals surface area contributed by atoms with E-state index < -0.39 is 11.9 Å². The van der Waals surface area contributed by atoms with Gasteiger partial charge >= 0.3 is 0 Å². The summed E-state index contributed by atoms with van der Waals surface area (Å²) in [5.74, 6) is -1.44. The van der Waals surface area contributed by atoms with Gasteiger partial charge in [0.05, 0.1) is 0 Å². The quantitative estimate of drug-likeness (QED) is 0.175. The van der Waals surface area contributed by atoms with Crippen LogP contribution < -0.4 is 10.6 Å². The molecule has 12 heteroatoms. The summed E-state index contributed by atoms with van der Waals surface area (Å²) in [6, 6.07) is 4.30. The molecule has 0 saturated carbocycles. The molecule has 0 aliphatic carbocycles. The van der Waals surface area contributed by atoms with E-state index in [1.807, 2.05) is 0 Å². The predicted molar refractivity (Wildman–Crippen MR) is 121 cm³/mol. The van der Waals surface area contributed by atoms with Gasteiger partial charge in [0, 0.05) is 67.7 Å². The fourth-order valence-electron chi connectivity index (χ4n) is 4.04. The molecular weight excluding hydrogens is 442 g/mol. The van der Waals surface area contributed by atoms with Crippen LogP contribution in [0.1, 0.15) is 54.4 Å². The summed E-state index contributed by atoms with van der Waals surface area (Å²) in [5.41, 5.74) is 9.75. The number of nitrogens with zero attached hydrogens (tertiary/aromatic N) is 5. The van der Waals surface area contributed by atoms with Crippen molar-refractivity contribution in [2.24, 2.45) is 5.11 Å². The summed E-state index contributed by atoms with van der Waals surface area (Å²) in [6.07, 6.45) is 1.68. The standard InChI is InChI=1S/C22H27N7O5/c1-28-20(32)10-9-17(22(28)34)29-13-15-14(21(29)33)5-2-6-16(15)26-19(31)8-3-7-18(30)24-11-4-12-25-27-23/h2,5-6,17H,3-4,7-13H2,1H3,(H,24,30)(H,26,31). The van der Waals surface area contributed by atoms with Crippen molar-refractivity contribution in [2.75, 3.05) is 25.5 Å². The number of fused-ring (bicyclic) bond motifs is 1. The zero-order valence-electron chi connectivity index (χ0n) is 19.0. The highest BCUT2D eigenvalue weighted by Gasteiger charge is 2.42. The van der Waals surface area contributed by atoms with Crippen molar-refractivity contribution in [3.05, 3.63) is 39.8 Å². The van der Waals surface area contributed by atoms with Crippen LogP contribution in [0.2, 0.25) is 0 Å². The molecule has 1 aromatic carbocycles. The maximum atomic E-state index is 12.9. The van der Waals surface area contributed by atoms with Gasteiger partial charge in [-0.3, -0.25) is 28.9 Å². The van der Waals surface area contributed by atoms with E-state index in [9.17, 15) is 24.0 Å². The fourth-order valence-corrected chi connectivity index (χ4v) is 4.04. The molecule has 0 bridgehead atoms. The van der Waals surface area contributed by atoms with Crippen LogP contribution in [0.4, 0.5) is 5.69 Å². The number of carbonyl (C=O) groups excluding carboxylic acids is 5. The van der Waals surface area contributed by atoms with Crippen LogP contribution >= 0.6 is 0 Å². The smallest absolute Gasteiger partial charge is 0.255 e. The Kier molecular flexibility index (Phi) is 8.20. The largest absolute Gasteiger partial charge is 0.356 e. The summed E-state index contributed by atoms with van der Waals surface area (Å²) >= 11 is 0. The highest BCUT2D eigenvalue weighted by molar-refractivity contribution is 6.06. The normalized spacial score (nSPS) is 17.3. The van der Waals surface area contributed by atoms with Crippen LogP contribution in [-0.2, 0) is 25.7 Å². The number of azide groups is 1. The number of amides is 5. The molecule has 12 nitrogen and oxygen atoms in total. The zero-order chi connectivity index (χ0) is 24.7. The lowest BCUT2D eigenvalue weighted by atomic mass is 10.0. The molecule has 2 heterocycles. The summed E-state index contributed by atoms with van der Waals surface area (Å²) in [5, 5.41) is 8.89. The van der Waals surface area contributed by atoms with Crippen LogP contribution in [0.3, 0.4) is 0 Å². The second-order valence-electron chi connectivity index (χ2n) is 8.17. The first-order valence-electron chi connectivity index (χ1n) is 11.1. The Labute approximate surface area is 196 Å². The first-order chi connectivity index (χ1) is 16.3. The Morgan fingerprint density at radius 3 is 2.71 bits per heavy atom. The summed E-state index contributed by atoms with van der Waals surface area (Å²) in [6.45, 7) is 0.879. The molecule has 1 aromatic rings. The SMILES string of the molecule is CN1C(=O)CCC(N2Cc3c(NC(=O)CCCC(=O)NCCCN=[N+]=[N-])cccc3C2=O)C1=O. The van der Waals surface area contributed by atoms with E-state index >= 15 is 0 Å². The van der Waals surface area contributed by atoms with E-state index in [2.05, 4.69) is 20.7 Å². The van der Waals surface area contributed by atoms with Crippen molar-refractivity contribution in [2.45, 2.75) is 51.1 Å². The second kappa shape index (κ2) is 11.3. The third-order valence-corrected chi connectivity index (χ3v) is 5.90. The van der Waals surface area contributed by atoms with Gasteiger partial charge in [0.15, 0.2) is 0 Å². The first-order valence-corrected chi connectivity index (χ1v) is 11.1. The topological polar surface area (TPSA) is 165 Å². The number of carbonyl (C=O) groups is 5. The molecule has 3 rings (SSSR count). The van der Waals surface area contributed by atoms with E-state index in [1.165, 1.54) is 11.9 Å². The predicted octanol–water partition coefficient (Wildman–Crippen LogP) is 1.72. The van der Waals surface area contributed by atoms with Gasteiger partial charge in [-0.15, -0.1) is 0 Å². The van der Waals surface area contributed by atoms with Crippen LogP contribution in [0, 0.1) is 0 Å². The number of nitrogens with one attached hydrogen (secondary N) is 2. The Balaban J connectivity index is 1.53. The van der Waals surface area contributed by atoms with E-state index in [4.69, 9.17) is 5.53 Å². The molecule has 0 radical (unpaired) electrons. The molecule has 1 unspecified atom stereocenters. The molecule has 0 spiro atoms. The van der Waals surface area contributed by atoms with E-state index in [-0.39, 0.29) is 55.9 Å². The number of benzene rings is 1. The monoisotopic (exact) mass is 469 g/mol. The van der Waals surface area contributed by atoms with Crippen molar-refractivity contribution in [1.82, 2.24) is 15.1 Å². The molecule has 180 valence electrons. The minimum Gasteiger partial charge on any atom is -0.356 e. The van der Waals surface area contributed by atoms with Crippen LogP contribution in [0.5, 0.6) is 0 Å². The lowest BCUT2D eigenvalue weighted by Crippen LogP contribution is -2.53. The van der Waals surface area contributed by atoms with E-state index in [1.54, 1.807) is 18.2 Å². The number of piperidine rings is 1. The molecule has 0 aromatic heterocycles. The molecule has 5 amide bonds.